The molecular formula is C14H14Br2N2O2. The van der Waals surface area contributed by atoms with Gasteiger partial charge in [0.05, 0.1) is 31.1 Å². The van der Waals surface area contributed by atoms with Crippen LogP contribution in [0.3, 0.4) is 0 Å². The number of ether oxygens (including phenoxy) is 1. The molecule has 0 amide bonds. The molecule has 1 aromatic carbocycles. The highest BCUT2D eigenvalue weighted by molar-refractivity contribution is 9.11. The van der Waals surface area contributed by atoms with Crippen LogP contribution in [0.4, 0.5) is 5.69 Å². The molecule has 1 atom stereocenters. The first-order valence-electron chi connectivity index (χ1n) is 5.97. The minimum Gasteiger partial charge on any atom is -0.495 e. The standard InChI is InChI=1S/C14H14Br2N2O2/c1-20-13-5-3-2-4-11(13)18-12(8-19)14-10(16)6-9(15)7-17-14/h2-7,12,18-19H,8H2,1H3. The van der Waals surface area contributed by atoms with Gasteiger partial charge in [-0.15, -0.1) is 0 Å². The molecular weight excluding hydrogens is 388 g/mol. The smallest absolute Gasteiger partial charge is 0.141 e. The molecule has 2 N–H and O–H groups in total. The van der Waals surface area contributed by atoms with E-state index in [9.17, 15) is 5.11 Å². The summed E-state index contributed by atoms with van der Waals surface area (Å²) in [4.78, 5) is 4.34. The second-order valence-corrected chi connectivity index (χ2v) is 5.87. The zero-order valence-electron chi connectivity index (χ0n) is 10.8. The monoisotopic (exact) mass is 400 g/mol. The number of aliphatic hydroxyl groups is 1. The number of nitrogens with zero attached hydrogens (tertiary/aromatic N) is 1. The first-order chi connectivity index (χ1) is 9.65. The molecule has 0 aliphatic carbocycles. The molecule has 0 bridgehead atoms. The van der Waals surface area contributed by atoms with E-state index in [4.69, 9.17) is 4.74 Å². The number of aromatic nitrogens is 1. The lowest BCUT2D eigenvalue weighted by atomic mass is 10.1. The van der Waals surface area contributed by atoms with Gasteiger partial charge in [0.15, 0.2) is 0 Å². The third-order valence-corrected chi connectivity index (χ3v) is 3.85. The Morgan fingerprint density at radius 2 is 2.10 bits per heavy atom. The zero-order chi connectivity index (χ0) is 14.5. The predicted octanol–water partition coefficient (Wildman–Crippen LogP) is 3.76. The highest BCUT2D eigenvalue weighted by Crippen LogP contribution is 2.30. The van der Waals surface area contributed by atoms with Crippen molar-refractivity contribution >= 4 is 37.5 Å². The first-order valence-corrected chi connectivity index (χ1v) is 7.55. The summed E-state index contributed by atoms with van der Waals surface area (Å²) < 4.78 is 7.00. The van der Waals surface area contributed by atoms with Gasteiger partial charge in [-0.3, -0.25) is 4.98 Å². The molecule has 1 unspecified atom stereocenters. The Morgan fingerprint density at radius 3 is 2.75 bits per heavy atom. The van der Waals surface area contributed by atoms with Gasteiger partial charge in [0, 0.05) is 15.1 Å². The molecule has 2 rings (SSSR count). The third-order valence-electron chi connectivity index (χ3n) is 2.79. The highest BCUT2D eigenvalue weighted by atomic mass is 79.9. The van der Waals surface area contributed by atoms with Gasteiger partial charge >= 0.3 is 0 Å². The van der Waals surface area contributed by atoms with E-state index in [2.05, 4.69) is 42.2 Å². The van der Waals surface area contributed by atoms with Gasteiger partial charge in [-0.25, -0.2) is 0 Å². The largest absolute Gasteiger partial charge is 0.495 e. The summed E-state index contributed by atoms with van der Waals surface area (Å²) >= 11 is 6.82. The molecule has 0 saturated carbocycles. The van der Waals surface area contributed by atoms with Crippen LogP contribution in [0.2, 0.25) is 0 Å². The number of para-hydroxylation sites is 2. The molecule has 0 saturated heterocycles. The van der Waals surface area contributed by atoms with E-state index in [1.165, 1.54) is 0 Å². The van der Waals surface area contributed by atoms with Crippen LogP contribution in [0.15, 0.2) is 45.5 Å². The van der Waals surface area contributed by atoms with Gasteiger partial charge in [-0.2, -0.15) is 0 Å². The van der Waals surface area contributed by atoms with Gasteiger partial charge in [0.1, 0.15) is 5.75 Å². The summed E-state index contributed by atoms with van der Waals surface area (Å²) in [5.41, 5.74) is 1.55. The lowest BCUT2D eigenvalue weighted by Crippen LogP contribution is -2.17. The van der Waals surface area contributed by atoms with E-state index < -0.39 is 0 Å². The highest BCUT2D eigenvalue weighted by Gasteiger charge is 2.17. The summed E-state index contributed by atoms with van der Waals surface area (Å²) in [5, 5.41) is 12.9. The Balaban J connectivity index is 2.29. The summed E-state index contributed by atoms with van der Waals surface area (Å²) in [7, 11) is 1.61. The Hall–Kier alpha value is -1.11. The molecule has 2 aromatic rings. The number of hydrogen-bond donors (Lipinski definition) is 2. The van der Waals surface area contributed by atoms with Crippen molar-refractivity contribution in [3.05, 3.63) is 51.2 Å². The van der Waals surface area contributed by atoms with Crippen LogP contribution in [0.25, 0.3) is 0 Å². The van der Waals surface area contributed by atoms with Gasteiger partial charge < -0.3 is 15.2 Å². The number of pyridine rings is 1. The average molecular weight is 402 g/mol. The molecule has 0 fully saturated rings. The predicted molar refractivity (Wildman–Crippen MR) is 86.1 cm³/mol. The quantitative estimate of drug-likeness (QED) is 0.800. The molecule has 6 heteroatoms. The molecule has 1 aromatic heterocycles. The minimum absolute atomic E-state index is 0.0781. The lowest BCUT2D eigenvalue weighted by Gasteiger charge is -2.20. The van der Waals surface area contributed by atoms with Gasteiger partial charge in [-0.05, 0) is 50.1 Å². The number of nitrogens with one attached hydrogen (secondary N) is 1. The van der Waals surface area contributed by atoms with Gasteiger partial charge in [0.25, 0.3) is 0 Å². The maximum absolute atomic E-state index is 9.62. The molecule has 1 heterocycles. The van der Waals surface area contributed by atoms with Crippen LogP contribution in [-0.4, -0.2) is 23.8 Å². The van der Waals surface area contributed by atoms with Crippen molar-refractivity contribution < 1.29 is 9.84 Å². The SMILES string of the molecule is COc1ccccc1NC(CO)c1ncc(Br)cc1Br. The zero-order valence-corrected chi connectivity index (χ0v) is 14.0. The van der Waals surface area contributed by atoms with Crippen molar-refractivity contribution in [2.24, 2.45) is 0 Å². The molecule has 0 aliphatic heterocycles. The van der Waals surface area contributed by atoms with Crippen LogP contribution in [0.1, 0.15) is 11.7 Å². The van der Waals surface area contributed by atoms with Crippen LogP contribution < -0.4 is 10.1 Å². The van der Waals surface area contributed by atoms with Crippen LogP contribution in [0, 0.1) is 0 Å². The van der Waals surface area contributed by atoms with Gasteiger partial charge in [-0.1, -0.05) is 12.1 Å². The third kappa shape index (κ3) is 3.50. The van der Waals surface area contributed by atoms with E-state index in [1.807, 2.05) is 30.3 Å². The van der Waals surface area contributed by atoms with E-state index >= 15 is 0 Å². The van der Waals surface area contributed by atoms with Crippen molar-refractivity contribution in [2.75, 3.05) is 19.0 Å². The number of anilines is 1. The molecule has 20 heavy (non-hydrogen) atoms. The second kappa shape index (κ2) is 7.06. The molecule has 0 aliphatic rings. The Kier molecular flexibility index (Phi) is 5.39. The maximum atomic E-state index is 9.62. The number of hydrogen-bond acceptors (Lipinski definition) is 4. The summed E-state index contributed by atoms with van der Waals surface area (Å²) in [6.07, 6.45) is 1.70. The van der Waals surface area contributed by atoms with Crippen LogP contribution >= 0.6 is 31.9 Å². The van der Waals surface area contributed by atoms with E-state index in [0.717, 1.165) is 26.1 Å². The van der Waals surface area contributed by atoms with E-state index in [0.29, 0.717) is 0 Å². The topological polar surface area (TPSA) is 54.4 Å². The lowest BCUT2D eigenvalue weighted by molar-refractivity contribution is 0.273. The fourth-order valence-electron chi connectivity index (χ4n) is 1.83. The summed E-state index contributed by atoms with van der Waals surface area (Å²) in [6.45, 7) is -0.0781. The normalized spacial score (nSPS) is 12.0. The molecule has 4 nitrogen and oxygen atoms in total. The molecule has 106 valence electrons. The van der Waals surface area contributed by atoms with Crippen LogP contribution in [0.5, 0.6) is 5.75 Å². The fourth-order valence-corrected chi connectivity index (χ4v) is 3.10. The average Bonchev–Trinajstić information content (AvgIpc) is 2.46. The Labute approximate surface area is 134 Å². The second-order valence-electron chi connectivity index (χ2n) is 4.10. The van der Waals surface area contributed by atoms with Crippen molar-refractivity contribution in [1.82, 2.24) is 4.98 Å². The van der Waals surface area contributed by atoms with Crippen molar-refractivity contribution in [1.29, 1.82) is 0 Å². The summed E-state index contributed by atoms with van der Waals surface area (Å²) in [5.74, 6) is 0.721. The van der Waals surface area contributed by atoms with Crippen LogP contribution in [-0.2, 0) is 0 Å². The van der Waals surface area contributed by atoms with Gasteiger partial charge in [0.2, 0.25) is 0 Å². The minimum atomic E-state index is -0.325. The van der Waals surface area contributed by atoms with Crippen molar-refractivity contribution in [3.8, 4) is 5.75 Å². The number of benzene rings is 1. The van der Waals surface area contributed by atoms with E-state index in [1.54, 1.807) is 13.3 Å². The summed E-state index contributed by atoms with van der Waals surface area (Å²) in [6, 6.07) is 9.13. The Morgan fingerprint density at radius 1 is 1.35 bits per heavy atom. The fraction of sp³-hybridized carbons (Fsp3) is 0.214. The van der Waals surface area contributed by atoms with Crippen molar-refractivity contribution in [2.45, 2.75) is 6.04 Å². The number of aliphatic hydroxyl groups excluding tert-OH is 1. The molecule has 0 spiro atoms. The number of halogens is 2. The molecule has 0 radical (unpaired) electrons. The number of methoxy groups -OCH3 is 1. The first kappa shape index (κ1) is 15.3. The number of rotatable bonds is 5. The van der Waals surface area contributed by atoms with Crippen molar-refractivity contribution in [3.63, 3.8) is 0 Å². The Bertz CT molecular complexity index is 593. The maximum Gasteiger partial charge on any atom is 0.141 e. The van der Waals surface area contributed by atoms with E-state index in [-0.39, 0.29) is 12.6 Å².